The van der Waals surface area contributed by atoms with Crippen LogP contribution in [0.3, 0.4) is 0 Å². The Bertz CT molecular complexity index is 3630. The lowest BCUT2D eigenvalue weighted by atomic mass is 9.94. The minimum atomic E-state index is -1.02. The van der Waals surface area contributed by atoms with E-state index >= 15 is 4.39 Å². The number of phenolic OH excluding ortho intramolecular Hbond substituents is 1. The molecule has 19 nitrogen and oxygen atoms in total. The molecule has 7 atom stereocenters. The number of halogens is 2. The third-order valence-electron chi connectivity index (χ3n) is 15.8. The van der Waals surface area contributed by atoms with Gasteiger partial charge in [0.25, 0.3) is 0 Å². The van der Waals surface area contributed by atoms with Crippen LogP contribution in [0, 0.1) is 11.7 Å². The minimum absolute atomic E-state index is 0.0108. The third kappa shape index (κ3) is 11.4. The van der Waals surface area contributed by atoms with Crippen molar-refractivity contribution >= 4 is 50.9 Å². The molecule has 5 N–H and O–H groups in total. The molecule has 3 aliphatic rings. The number of aryl methyl sites for hydroxylation is 1. The van der Waals surface area contributed by atoms with Crippen LogP contribution in [0.15, 0.2) is 104 Å². The summed E-state index contributed by atoms with van der Waals surface area (Å²) in [6.45, 7) is 8.71. The first-order valence-corrected chi connectivity index (χ1v) is 28.1. The molecular formula is C61H65ClFN11O8. The van der Waals surface area contributed by atoms with Crippen LogP contribution in [0.25, 0.3) is 55.4 Å². The Balaban J connectivity index is 0.862. The third-order valence-corrected chi connectivity index (χ3v) is 16.1. The van der Waals surface area contributed by atoms with Gasteiger partial charge in [-0.25, -0.2) is 9.07 Å². The van der Waals surface area contributed by atoms with Gasteiger partial charge in [0.05, 0.1) is 47.2 Å². The Hall–Kier alpha value is -7.88. The zero-order valence-electron chi connectivity index (χ0n) is 46.2. The number of likely N-dealkylation sites (tertiary alicyclic amines) is 1. The number of hydrogen-bond acceptors (Lipinski definition) is 16. The number of ether oxygens (including phenoxy) is 3. The number of phenols is 1. The van der Waals surface area contributed by atoms with E-state index in [0.29, 0.717) is 90.4 Å². The van der Waals surface area contributed by atoms with Crippen molar-refractivity contribution in [2.45, 2.75) is 102 Å². The number of nitrogens with one attached hydrogen (secondary N) is 2. The number of fused-ring (bicyclic) bond motifs is 4. The van der Waals surface area contributed by atoms with Crippen molar-refractivity contribution in [3.63, 3.8) is 0 Å². The number of nitrogens with zero attached hydrogens (tertiary/aromatic N) is 9. The molecule has 0 spiro atoms. The molecular weight excluding hydrogens is 1070 g/mol. The second-order valence-corrected chi connectivity index (χ2v) is 22.2. The van der Waals surface area contributed by atoms with Gasteiger partial charge < -0.3 is 50.0 Å². The molecule has 21 heteroatoms. The highest BCUT2D eigenvalue weighted by Gasteiger charge is 2.43. The number of amides is 2. The van der Waals surface area contributed by atoms with Crippen molar-refractivity contribution in [3.8, 4) is 51.3 Å². The van der Waals surface area contributed by atoms with E-state index in [1.165, 1.54) is 15.6 Å². The van der Waals surface area contributed by atoms with E-state index in [1.807, 2.05) is 64.1 Å². The van der Waals surface area contributed by atoms with Crippen LogP contribution < -0.4 is 25.0 Å². The fourth-order valence-electron chi connectivity index (χ4n) is 11.6. The van der Waals surface area contributed by atoms with Gasteiger partial charge in [0, 0.05) is 74.3 Å². The second kappa shape index (κ2) is 23.9. The molecule has 3 saturated heterocycles. The van der Waals surface area contributed by atoms with Crippen molar-refractivity contribution in [2.24, 2.45) is 5.92 Å². The topological polar surface area (TPSA) is 235 Å². The Morgan fingerprint density at radius 2 is 1.68 bits per heavy atom. The summed E-state index contributed by atoms with van der Waals surface area (Å²) in [6.07, 6.45) is 6.34. The number of piperazine rings is 1. The molecule has 2 bridgehead atoms. The molecule has 0 saturated carbocycles. The van der Waals surface area contributed by atoms with Crippen LogP contribution in [-0.2, 0) is 27.4 Å². The normalized spacial score (nSPS) is 19.0. The summed E-state index contributed by atoms with van der Waals surface area (Å²) >= 11 is 6.37. The summed E-state index contributed by atoms with van der Waals surface area (Å²) in [6, 6.07) is 22.4. The number of hydrogen-bond donors (Lipinski definition) is 5. The van der Waals surface area contributed by atoms with Crippen molar-refractivity contribution in [2.75, 3.05) is 44.9 Å². The molecule has 0 radical (unpaired) electrons. The molecule has 3 aliphatic heterocycles. The summed E-state index contributed by atoms with van der Waals surface area (Å²) in [5.41, 5.74) is 5.66. The highest BCUT2D eigenvalue weighted by Crippen LogP contribution is 2.44. The number of carbonyl (C=O) groups excluding carboxylic acids is 2. The first-order valence-electron chi connectivity index (χ1n) is 27.7. The number of aliphatic hydroxyl groups is 2. The van der Waals surface area contributed by atoms with Gasteiger partial charge in [-0.2, -0.15) is 9.97 Å². The first kappa shape index (κ1) is 56.0. The van der Waals surface area contributed by atoms with Gasteiger partial charge in [0.1, 0.15) is 59.6 Å². The van der Waals surface area contributed by atoms with Crippen molar-refractivity contribution in [3.05, 3.63) is 131 Å². The molecule has 426 valence electrons. The van der Waals surface area contributed by atoms with Gasteiger partial charge >= 0.3 is 6.01 Å². The number of aromatic hydroxyl groups is 1. The van der Waals surface area contributed by atoms with E-state index in [0.717, 1.165) is 37.1 Å². The van der Waals surface area contributed by atoms with E-state index in [2.05, 4.69) is 30.8 Å². The van der Waals surface area contributed by atoms with Gasteiger partial charge in [0.15, 0.2) is 5.75 Å². The maximum Gasteiger partial charge on any atom is 0.319 e. The first-order chi connectivity index (χ1) is 39.7. The van der Waals surface area contributed by atoms with E-state index in [4.69, 9.17) is 40.8 Å². The lowest BCUT2D eigenvalue weighted by Gasteiger charge is -2.34. The van der Waals surface area contributed by atoms with Gasteiger partial charge in [0.2, 0.25) is 11.8 Å². The summed E-state index contributed by atoms with van der Waals surface area (Å²) in [4.78, 5) is 51.6. The van der Waals surface area contributed by atoms with Crippen LogP contribution in [0.4, 0.5) is 10.2 Å². The van der Waals surface area contributed by atoms with Crippen molar-refractivity contribution in [1.82, 2.24) is 50.5 Å². The molecule has 8 aromatic rings. The van der Waals surface area contributed by atoms with Crippen LogP contribution in [0.5, 0.6) is 17.5 Å². The fraction of sp³-hybridized carbons (Fsp3) is 0.377. The number of carbonyl (C=O) groups is 2. The number of β-amino-alcohol motifs (C(OH)–C–C–N with tert-alkyl or cyclic N) is 1. The van der Waals surface area contributed by atoms with Gasteiger partial charge in [-0.3, -0.25) is 19.6 Å². The van der Waals surface area contributed by atoms with Gasteiger partial charge in [-0.1, -0.05) is 92.2 Å². The van der Waals surface area contributed by atoms with Crippen LogP contribution in [0.2, 0.25) is 5.02 Å². The van der Waals surface area contributed by atoms with Crippen molar-refractivity contribution < 1.29 is 43.5 Å². The Kier molecular flexibility index (Phi) is 16.3. The van der Waals surface area contributed by atoms with E-state index in [-0.39, 0.29) is 61.5 Å². The number of anilines is 1. The Morgan fingerprint density at radius 1 is 0.927 bits per heavy atom. The van der Waals surface area contributed by atoms with E-state index < -0.39 is 42.7 Å². The number of methoxy groups -OCH3 is 1. The lowest BCUT2D eigenvalue weighted by Crippen LogP contribution is -2.51. The van der Waals surface area contributed by atoms with Crippen LogP contribution in [0.1, 0.15) is 75.7 Å². The second-order valence-electron chi connectivity index (χ2n) is 21.8. The fourth-order valence-corrected chi connectivity index (χ4v) is 11.8. The average molecular weight is 1130 g/mol. The SMILES string of the molecule is CCc1c(F)ccc2cc(O)cc(-c3ncc4c(N5CC6CCC(C5)N6)nc(OC[C@H](C)OC)nc4c3OCc3ccc(-c4cn([C@H](C(=O)N5C[C@H](O)C[C@H]5C(=O)N[C@@H](CO)c5ccc(-c6ncccc6Cl)cc5)C(C)C)nn4)cc3)c12. The quantitative estimate of drug-likeness (QED) is 0.0514. The molecule has 11 rings (SSSR count). The zero-order valence-corrected chi connectivity index (χ0v) is 46.9. The Labute approximate surface area is 478 Å². The largest absolute Gasteiger partial charge is 0.508 e. The summed E-state index contributed by atoms with van der Waals surface area (Å²) in [7, 11) is 1.61. The number of rotatable bonds is 19. The summed E-state index contributed by atoms with van der Waals surface area (Å²) < 4.78 is 35.8. The van der Waals surface area contributed by atoms with Gasteiger partial charge in [-0.05, 0) is 89.9 Å². The highest BCUT2D eigenvalue weighted by atomic mass is 35.5. The number of pyridine rings is 2. The predicted molar refractivity (Wildman–Crippen MR) is 308 cm³/mol. The van der Waals surface area contributed by atoms with E-state index in [1.54, 1.807) is 68.2 Å². The molecule has 0 aliphatic carbocycles. The maximum absolute atomic E-state index is 15.7. The van der Waals surface area contributed by atoms with Crippen LogP contribution in [-0.4, -0.2) is 137 Å². The van der Waals surface area contributed by atoms with E-state index in [9.17, 15) is 24.9 Å². The minimum Gasteiger partial charge on any atom is -0.508 e. The summed E-state index contributed by atoms with van der Waals surface area (Å²) in [5.74, 6) is -0.699. The average Bonchev–Trinajstić information content (AvgIpc) is 3.02. The molecule has 7 heterocycles. The summed E-state index contributed by atoms with van der Waals surface area (Å²) in [5, 5.41) is 50.4. The smallest absolute Gasteiger partial charge is 0.319 e. The Morgan fingerprint density at radius 3 is 2.39 bits per heavy atom. The number of benzene rings is 4. The molecule has 4 aromatic carbocycles. The molecule has 3 fully saturated rings. The zero-order chi connectivity index (χ0) is 57.3. The molecule has 2 amide bonds. The predicted octanol–water partition coefficient (Wildman–Crippen LogP) is 8.17. The monoisotopic (exact) mass is 1130 g/mol. The maximum atomic E-state index is 15.7. The molecule has 2 unspecified atom stereocenters. The number of aromatic nitrogens is 7. The standard InChI is InChI=1S/C61H65ClFN11O8/c1-6-44-48(63)20-17-39-22-42(76)23-45(52(39)44)54-57(55-46(25-65-54)58(69-61(68-55)82-31-34(4)80-5)72-26-40-18-19-41(27-72)66-40)81-32-35-9-11-36(12-10-35)49-29-74(71-70-49)56(33(2)3)60(79)73-28-43(77)24-51(73)59(78)67-50(30-75)37-13-15-38(16-14-37)53-47(62)8-7-21-64-53/h7-17,20-23,25,29,33-34,40-41,43,50-51,56,66,75-77H,6,18-19,24,26-28,30-32H2,1-5H3,(H,67,78)/t34-,40?,41?,43+,50-,51-,56-/m0/s1. The van der Waals surface area contributed by atoms with Crippen molar-refractivity contribution in [1.29, 1.82) is 0 Å². The molecule has 82 heavy (non-hydrogen) atoms. The van der Waals surface area contributed by atoms with Gasteiger partial charge in [-0.15, -0.1) is 5.10 Å². The molecule has 4 aromatic heterocycles. The lowest BCUT2D eigenvalue weighted by molar-refractivity contribution is -0.142. The highest BCUT2D eigenvalue weighted by molar-refractivity contribution is 6.33. The number of aliphatic hydroxyl groups excluding tert-OH is 2. The van der Waals surface area contributed by atoms with Crippen LogP contribution >= 0.6 is 11.6 Å².